The Hall–Kier alpha value is -3.03. The van der Waals surface area contributed by atoms with Crippen molar-refractivity contribution >= 4 is 17.4 Å². The number of nitro groups is 1. The van der Waals surface area contributed by atoms with Crippen LogP contribution >= 0.6 is 0 Å². The third-order valence-electron chi connectivity index (χ3n) is 2.71. The van der Waals surface area contributed by atoms with Crippen molar-refractivity contribution in [2.45, 2.75) is 13.0 Å². The molecule has 8 heteroatoms. The second-order valence-corrected chi connectivity index (χ2v) is 4.34. The van der Waals surface area contributed by atoms with E-state index >= 15 is 0 Å². The first kappa shape index (κ1) is 15.4. The Labute approximate surface area is 124 Å². The molecule has 2 aromatic rings. The van der Waals surface area contributed by atoms with Crippen LogP contribution in [-0.4, -0.2) is 21.9 Å². The summed E-state index contributed by atoms with van der Waals surface area (Å²) in [5.41, 5.74) is 0.391. The van der Waals surface area contributed by atoms with Crippen LogP contribution in [0.5, 0.6) is 5.75 Å². The van der Waals surface area contributed by atoms with Gasteiger partial charge in [-0.15, -0.1) is 0 Å². The topological polar surface area (TPSA) is 94.4 Å². The molecule has 2 rings (SSSR count). The van der Waals surface area contributed by atoms with E-state index in [0.717, 1.165) is 0 Å². The largest absolute Gasteiger partial charge is 0.473 e. The molecular weight excluding hydrogens is 293 g/mol. The van der Waals surface area contributed by atoms with E-state index in [1.165, 1.54) is 49.5 Å². The van der Waals surface area contributed by atoms with Gasteiger partial charge in [-0.05, 0) is 53.2 Å². The smallest absolute Gasteiger partial charge is 0.406 e. The minimum Gasteiger partial charge on any atom is -0.473 e. The van der Waals surface area contributed by atoms with Gasteiger partial charge in [0.25, 0.3) is 5.91 Å². The van der Waals surface area contributed by atoms with Crippen LogP contribution < -0.4 is 10.1 Å². The lowest BCUT2D eigenvalue weighted by Crippen LogP contribution is -2.30. The van der Waals surface area contributed by atoms with Crippen molar-refractivity contribution in [1.82, 2.24) is 4.98 Å². The number of aromatic nitrogens is 1. The van der Waals surface area contributed by atoms with Gasteiger partial charge in [-0.25, -0.2) is 4.39 Å². The number of nitrogens with one attached hydrogen (secondary N) is 1. The zero-order valence-electron chi connectivity index (χ0n) is 11.5. The first-order valence-corrected chi connectivity index (χ1v) is 6.30. The van der Waals surface area contributed by atoms with E-state index in [0.29, 0.717) is 5.69 Å². The summed E-state index contributed by atoms with van der Waals surface area (Å²) in [6.45, 7) is 1.44. The van der Waals surface area contributed by atoms with Crippen LogP contribution in [0.1, 0.15) is 6.92 Å². The maximum Gasteiger partial charge on any atom is 0.406 e. The molecule has 0 unspecified atom stereocenters. The number of amides is 1. The molecule has 0 bridgehead atoms. The van der Waals surface area contributed by atoms with E-state index in [2.05, 4.69) is 10.3 Å². The molecule has 0 fully saturated rings. The van der Waals surface area contributed by atoms with E-state index in [4.69, 9.17) is 4.74 Å². The number of pyridine rings is 1. The molecule has 0 saturated heterocycles. The van der Waals surface area contributed by atoms with Crippen LogP contribution in [0, 0.1) is 15.9 Å². The first-order valence-electron chi connectivity index (χ1n) is 6.30. The summed E-state index contributed by atoms with van der Waals surface area (Å²) in [7, 11) is 0. The molecule has 22 heavy (non-hydrogen) atoms. The van der Waals surface area contributed by atoms with Gasteiger partial charge in [0.1, 0.15) is 12.0 Å². The lowest BCUT2D eigenvalue weighted by atomic mass is 10.3. The van der Waals surface area contributed by atoms with Crippen LogP contribution in [0.15, 0.2) is 42.6 Å². The summed E-state index contributed by atoms with van der Waals surface area (Å²) in [5.74, 6) is -1.52. The normalized spacial score (nSPS) is 11.5. The number of hydrogen-bond acceptors (Lipinski definition) is 5. The Morgan fingerprint density at radius 2 is 2.05 bits per heavy atom. The van der Waals surface area contributed by atoms with Crippen molar-refractivity contribution in [2.24, 2.45) is 0 Å². The second-order valence-electron chi connectivity index (χ2n) is 4.34. The Balaban J connectivity index is 2.05. The average Bonchev–Trinajstić information content (AvgIpc) is 2.49. The monoisotopic (exact) mass is 305 g/mol. The standard InChI is InChI=1S/C14H12FN3O4/c1-9(14(19)17-11-6-4-10(15)5-7-11)22-12-3-2-8-16-13(12)18(20)21/h2-9H,1H3,(H,17,19)/t9-/m1/s1. The Morgan fingerprint density at radius 1 is 1.36 bits per heavy atom. The molecule has 1 N–H and O–H groups in total. The molecule has 1 atom stereocenters. The van der Waals surface area contributed by atoms with Crippen molar-refractivity contribution in [3.8, 4) is 5.75 Å². The quantitative estimate of drug-likeness (QED) is 0.676. The summed E-state index contributed by atoms with van der Waals surface area (Å²) in [5, 5.41) is 13.3. The highest BCUT2D eigenvalue weighted by molar-refractivity contribution is 5.94. The molecule has 1 aromatic carbocycles. The summed E-state index contributed by atoms with van der Waals surface area (Å²) in [6.07, 6.45) is 0.266. The fraction of sp³-hybridized carbons (Fsp3) is 0.143. The SMILES string of the molecule is C[C@@H](Oc1cccnc1[N+](=O)[O-])C(=O)Nc1ccc(F)cc1. The van der Waals surface area contributed by atoms with Gasteiger partial charge in [0.2, 0.25) is 5.75 Å². The number of anilines is 1. The van der Waals surface area contributed by atoms with Gasteiger partial charge in [0.05, 0.1) is 0 Å². The van der Waals surface area contributed by atoms with E-state index in [-0.39, 0.29) is 5.75 Å². The number of rotatable bonds is 5. The Bertz CT molecular complexity index is 691. The molecule has 0 radical (unpaired) electrons. The van der Waals surface area contributed by atoms with Gasteiger partial charge < -0.3 is 20.2 Å². The van der Waals surface area contributed by atoms with E-state index in [9.17, 15) is 19.3 Å². The first-order chi connectivity index (χ1) is 10.5. The fourth-order valence-corrected chi connectivity index (χ4v) is 1.63. The lowest BCUT2D eigenvalue weighted by Gasteiger charge is -2.14. The summed E-state index contributed by atoms with van der Waals surface area (Å²) < 4.78 is 18.1. The molecular formula is C14H12FN3O4. The molecule has 7 nitrogen and oxygen atoms in total. The average molecular weight is 305 g/mol. The molecule has 0 spiro atoms. The zero-order chi connectivity index (χ0) is 16.1. The molecule has 0 aliphatic rings. The number of carbonyl (C=O) groups excluding carboxylic acids is 1. The molecule has 0 aliphatic carbocycles. The van der Waals surface area contributed by atoms with Gasteiger partial charge in [0, 0.05) is 5.69 Å². The second kappa shape index (κ2) is 6.61. The molecule has 0 saturated carbocycles. The number of ether oxygens (including phenoxy) is 1. The predicted octanol–water partition coefficient (Wildman–Crippen LogP) is 2.53. The summed E-state index contributed by atoms with van der Waals surface area (Å²) in [6, 6.07) is 8.01. The lowest BCUT2D eigenvalue weighted by molar-refractivity contribution is -0.390. The van der Waals surface area contributed by atoms with Gasteiger partial charge >= 0.3 is 5.82 Å². The highest BCUT2D eigenvalue weighted by Crippen LogP contribution is 2.24. The summed E-state index contributed by atoms with van der Waals surface area (Å²) >= 11 is 0. The van der Waals surface area contributed by atoms with E-state index < -0.39 is 28.6 Å². The van der Waals surface area contributed by atoms with Crippen LogP contribution in [-0.2, 0) is 4.79 Å². The Kier molecular flexibility index (Phi) is 4.62. The molecule has 1 aromatic heterocycles. The number of benzene rings is 1. The van der Waals surface area contributed by atoms with Crippen LogP contribution in [0.25, 0.3) is 0 Å². The van der Waals surface area contributed by atoms with Crippen molar-refractivity contribution in [3.05, 3.63) is 58.5 Å². The van der Waals surface area contributed by atoms with Crippen molar-refractivity contribution < 1.29 is 18.8 Å². The molecule has 1 amide bonds. The number of nitrogens with zero attached hydrogens (tertiary/aromatic N) is 2. The molecule has 114 valence electrons. The van der Waals surface area contributed by atoms with Gasteiger partial charge in [-0.2, -0.15) is 0 Å². The highest BCUT2D eigenvalue weighted by atomic mass is 19.1. The van der Waals surface area contributed by atoms with Gasteiger partial charge in [-0.3, -0.25) is 4.79 Å². The van der Waals surface area contributed by atoms with E-state index in [1.54, 1.807) is 0 Å². The zero-order valence-corrected chi connectivity index (χ0v) is 11.5. The van der Waals surface area contributed by atoms with Gasteiger partial charge in [0.15, 0.2) is 6.10 Å². The number of halogens is 1. The predicted molar refractivity (Wildman–Crippen MR) is 76.0 cm³/mol. The highest BCUT2D eigenvalue weighted by Gasteiger charge is 2.21. The Morgan fingerprint density at radius 3 is 2.68 bits per heavy atom. The maximum atomic E-state index is 12.8. The maximum absolute atomic E-state index is 12.8. The number of hydrogen-bond donors (Lipinski definition) is 1. The third-order valence-corrected chi connectivity index (χ3v) is 2.71. The van der Waals surface area contributed by atoms with Crippen LogP contribution in [0.3, 0.4) is 0 Å². The van der Waals surface area contributed by atoms with Crippen molar-refractivity contribution in [2.75, 3.05) is 5.32 Å². The molecule has 1 heterocycles. The molecule has 0 aliphatic heterocycles. The van der Waals surface area contributed by atoms with Crippen LogP contribution in [0.2, 0.25) is 0 Å². The fourth-order valence-electron chi connectivity index (χ4n) is 1.63. The third kappa shape index (κ3) is 3.75. The van der Waals surface area contributed by atoms with E-state index in [1.807, 2.05) is 0 Å². The van der Waals surface area contributed by atoms with Gasteiger partial charge in [-0.1, -0.05) is 0 Å². The van der Waals surface area contributed by atoms with Crippen molar-refractivity contribution in [1.29, 1.82) is 0 Å². The minimum atomic E-state index is -0.993. The minimum absolute atomic E-state index is 0.103. The van der Waals surface area contributed by atoms with Crippen molar-refractivity contribution in [3.63, 3.8) is 0 Å². The number of carbonyl (C=O) groups is 1. The van der Waals surface area contributed by atoms with Crippen LogP contribution in [0.4, 0.5) is 15.9 Å². The summed E-state index contributed by atoms with van der Waals surface area (Å²) in [4.78, 5) is 25.7.